The Morgan fingerprint density at radius 1 is 1.59 bits per heavy atom. The lowest BCUT2D eigenvalue weighted by molar-refractivity contribution is 0.0949. The van der Waals surface area contributed by atoms with E-state index in [0.717, 1.165) is 18.9 Å². The number of nitrogens with one attached hydrogen (secondary N) is 2. The molecule has 0 aliphatic heterocycles. The van der Waals surface area contributed by atoms with Gasteiger partial charge in [-0.15, -0.1) is 0 Å². The number of aromatic nitrogens is 1. The number of pyridine rings is 1. The molecule has 1 aromatic rings. The fourth-order valence-electron chi connectivity index (χ4n) is 1.66. The van der Waals surface area contributed by atoms with Crippen LogP contribution in [0.5, 0.6) is 5.88 Å². The number of hydrogen-bond acceptors (Lipinski definition) is 4. The number of rotatable bonds is 4. The van der Waals surface area contributed by atoms with Gasteiger partial charge in [-0.2, -0.15) is 0 Å². The van der Waals surface area contributed by atoms with E-state index in [0.29, 0.717) is 12.5 Å². The molecule has 6 nitrogen and oxygen atoms in total. The van der Waals surface area contributed by atoms with Gasteiger partial charge in [-0.05, 0) is 18.8 Å². The maximum Gasteiger partial charge on any atom is 0.251 e. The van der Waals surface area contributed by atoms with E-state index in [9.17, 15) is 9.59 Å². The van der Waals surface area contributed by atoms with Crippen LogP contribution >= 0.6 is 0 Å². The first-order chi connectivity index (χ1) is 8.06. The van der Waals surface area contributed by atoms with E-state index < -0.39 is 11.5 Å². The second-order valence-corrected chi connectivity index (χ2v) is 4.33. The molecule has 0 aromatic carbocycles. The summed E-state index contributed by atoms with van der Waals surface area (Å²) in [6.45, 7) is 0.386. The van der Waals surface area contributed by atoms with Crippen molar-refractivity contribution < 1.29 is 9.90 Å². The summed E-state index contributed by atoms with van der Waals surface area (Å²) in [7, 11) is 0. The van der Waals surface area contributed by atoms with Crippen LogP contribution in [0.25, 0.3) is 0 Å². The number of amides is 1. The Kier molecular flexibility index (Phi) is 3.14. The molecule has 1 aliphatic carbocycles. The van der Waals surface area contributed by atoms with Crippen LogP contribution in [-0.4, -0.2) is 28.6 Å². The maximum absolute atomic E-state index is 11.7. The normalized spacial score (nSPS) is 16.5. The summed E-state index contributed by atoms with van der Waals surface area (Å²) in [6, 6.07) is 2.31. The molecule has 5 N–H and O–H groups in total. The third kappa shape index (κ3) is 3.07. The van der Waals surface area contributed by atoms with Crippen LogP contribution in [0.1, 0.15) is 23.2 Å². The lowest BCUT2D eigenvalue weighted by Gasteiger charge is -2.11. The van der Waals surface area contributed by atoms with Crippen molar-refractivity contribution in [1.82, 2.24) is 10.3 Å². The Morgan fingerprint density at radius 3 is 2.88 bits per heavy atom. The van der Waals surface area contributed by atoms with Crippen molar-refractivity contribution in [3.05, 3.63) is 28.0 Å². The minimum absolute atomic E-state index is 0.0328. The zero-order valence-corrected chi connectivity index (χ0v) is 9.27. The van der Waals surface area contributed by atoms with Gasteiger partial charge in [-0.1, -0.05) is 0 Å². The molecule has 1 aliphatic rings. The molecule has 1 amide bonds. The first kappa shape index (κ1) is 11.7. The fourth-order valence-corrected chi connectivity index (χ4v) is 1.66. The van der Waals surface area contributed by atoms with Crippen LogP contribution in [0.3, 0.4) is 0 Å². The number of nitrogens with two attached hydrogens (primary N) is 1. The van der Waals surface area contributed by atoms with Gasteiger partial charge in [-0.3, -0.25) is 14.6 Å². The molecule has 1 fully saturated rings. The monoisotopic (exact) mass is 237 g/mol. The number of aromatic hydroxyl groups is 1. The van der Waals surface area contributed by atoms with Gasteiger partial charge in [0, 0.05) is 24.7 Å². The van der Waals surface area contributed by atoms with Crippen molar-refractivity contribution in [2.75, 3.05) is 6.54 Å². The van der Waals surface area contributed by atoms with Crippen molar-refractivity contribution in [2.24, 2.45) is 11.7 Å². The minimum atomic E-state index is -0.512. The molecule has 1 unspecified atom stereocenters. The Labute approximate surface area is 97.8 Å². The van der Waals surface area contributed by atoms with Gasteiger partial charge in [0.25, 0.3) is 11.5 Å². The highest BCUT2D eigenvalue weighted by atomic mass is 16.3. The first-order valence-electron chi connectivity index (χ1n) is 5.53. The molecule has 92 valence electrons. The molecular weight excluding hydrogens is 222 g/mol. The maximum atomic E-state index is 11.7. The smallest absolute Gasteiger partial charge is 0.251 e. The van der Waals surface area contributed by atoms with Gasteiger partial charge in [-0.25, -0.2) is 0 Å². The molecule has 1 saturated carbocycles. The average Bonchev–Trinajstić information content (AvgIpc) is 3.07. The van der Waals surface area contributed by atoms with Crippen molar-refractivity contribution in [3.8, 4) is 5.88 Å². The van der Waals surface area contributed by atoms with E-state index in [1.807, 2.05) is 0 Å². The summed E-state index contributed by atoms with van der Waals surface area (Å²) in [6.07, 6.45) is 2.23. The molecule has 0 spiro atoms. The quantitative estimate of drug-likeness (QED) is 0.568. The van der Waals surface area contributed by atoms with Crippen molar-refractivity contribution in [2.45, 2.75) is 18.9 Å². The Balaban J connectivity index is 1.96. The molecule has 17 heavy (non-hydrogen) atoms. The molecule has 2 rings (SSSR count). The Hall–Kier alpha value is -1.82. The van der Waals surface area contributed by atoms with Gasteiger partial charge >= 0.3 is 0 Å². The summed E-state index contributed by atoms with van der Waals surface area (Å²) in [5.74, 6) is -0.223. The van der Waals surface area contributed by atoms with E-state index in [-0.39, 0.29) is 17.5 Å². The van der Waals surface area contributed by atoms with E-state index >= 15 is 0 Å². The lowest BCUT2D eigenvalue weighted by atomic mass is 10.2. The Morgan fingerprint density at radius 2 is 2.29 bits per heavy atom. The lowest BCUT2D eigenvalue weighted by Crippen LogP contribution is -2.38. The zero-order valence-electron chi connectivity index (χ0n) is 9.27. The van der Waals surface area contributed by atoms with Gasteiger partial charge in [0.1, 0.15) is 0 Å². The second kappa shape index (κ2) is 4.58. The summed E-state index contributed by atoms with van der Waals surface area (Å²) in [5, 5.41) is 11.8. The molecule has 0 saturated heterocycles. The topological polar surface area (TPSA) is 108 Å². The predicted octanol–water partition coefficient (Wildman–Crippen LogP) is -0.452. The summed E-state index contributed by atoms with van der Waals surface area (Å²) in [4.78, 5) is 24.9. The Bertz CT molecular complexity index is 479. The van der Waals surface area contributed by atoms with Gasteiger partial charge in [0.05, 0.1) is 5.56 Å². The van der Waals surface area contributed by atoms with Crippen LogP contribution in [-0.2, 0) is 0 Å². The van der Waals surface area contributed by atoms with Crippen molar-refractivity contribution in [1.29, 1.82) is 0 Å². The predicted molar refractivity (Wildman–Crippen MR) is 61.8 cm³/mol. The number of hydrogen-bond donors (Lipinski definition) is 4. The molecule has 0 radical (unpaired) electrons. The standard InChI is InChI=1S/C11H15N3O3/c12-8(6-1-2-6)5-13-11(17)7-3-9(15)14-10(16)4-7/h3-4,6,8H,1-2,5,12H2,(H,13,17)(H2,14,15,16). The first-order valence-corrected chi connectivity index (χ1v) is 5.53. The van der Waals surface area contributed by atoms with Crippen molar-refractivity contribution in [3.63, 3.8) is 0 Å². The largest absolute Gasteiger partial charge is 0.494 e. The van der Waals surface area contributed by atoms with Crippen LogP contribution in [0.2, 0.25) is 0 Å². The van der Waals surface area contributed by atoms with Gasteiger partial charge in [0.2, 0.25) is 0 Å². The highest BCUT2D eigenvalue weighted by molar-refractivity contribution is 5.94. The molecule has 6 heteroatoms. The second-order valence-electron chi connectivity index (χ2n) is 4.33. The molecule has 0 bridgehead atoms. The summed E-state index contributed by atoms with van der Waals surface area (Å²) < 4.78 is 0. The average molecular weight is 237 g/mol. The highest BCUT2D eigenvalue weighted by Crippen LogP contribution is 2.31. The molecular formula is C11H15N3O3. The minimum Gasteiger partial charge on any atom is -0.494 e. The third-order valence-electron chi connectivity index (χ3n) is 2.82. The van der Waals surface area contributed by atoms with E-state index in [1.54, 1.807) is 0 Å². The summed E-state index contributed by atoms with van der Waals surface area (Å²) >= 11 is 0. The van der Waals surface area contributed by atoms with Crippen LogP contribution < -0.4 is 16.6 Å². The molecule has 1 heterocycles. The van der Waals surface area contributed by atoms with E-state index in [2.05, 4.69) is 10.3 Å². The van der Waals surface area contributed by atoms with Crippen LogP contribution in [0, 0.1) is 5.92 Å². The van der Waals surface area contributed by atoms with Gasteiger partial charge in [0.15, 0.2) is 5.88 Å². The molecule has 1 aromatic heterocycles. The van der Waals surface area contributed by atoms with E-state index in [1.165, 1.54) is 6.07 Å². The molecule has 1 atom stereocenters. The SMILES string of the molecule is NC(CNC(=O)c1cc(O)[nH]c(=O)c1)C1CC1. The fraction of sp³-hybridized carbons (Fsp3) is 0.455. The third-order valence-corrected chi connectivity index (χ3v) is 2.82. The number of carbonyl (C=O) groups is 1. The number of carbonyl (C=O) groups excluding carboxylic acids is 1. The highest BCUT2D eigenvalue weighted by Gasteiger charge is 2.28. The van der Waals surface area contributed by atoms with E-state index in [4.69, 9.17) is 10.8 Å². The van der Waals surface area contributed by atoms with Crippen LogP contribution in [0.15, 0.2) is 16.9 Å². The van der Waals surface area contributed by atoms with Crippen molar-refractivity contribution >= 4 is 5.91 Å². The number of aromatic amines is 1. The number of H-pyrrole nitrogens is 1. The summed E-state index contributed by atoms with van der Waals surface area (Å²) in [5.41, 5.74) is 5.45. The van der Waals surface area contributed by atoms with Crippen LogP contribution in [0.4, 0.5) is 0 Å². The van der Waals surface area contributed by atoms with Gasteiger partial charge < -0.3 is 16.2 Å². The zero-order chi connectivity index (χ0) is 12.4.